The zero-order valence-electron chi connectivity index (χ0n) is 16.7. The third kappa shape index (κ3) is 5.79. The van der Waals surface area contributed by atoms with Crippen molar-refractivity contribution in [2.45, 2.75) is 56.8 Å². The van der Waals surface area contributed by atoms with Crippen LogP contribution in [0.5, 0.6) is 0 Å². The zero-order chi connectivity index (χ0) is 21.1. The smallest absolute Gasteiger partial charge is 0.411 e. The van der Waals surface area contributed by atoms with Crippen molar-refractivity contribution in [1.82, 2.24) is 4.90 Å². The van der Waals surface area contributed by atoms with Crippen molar-refractivity contribution in [1.29, 1.82) is 0 Å². The van der Waals surface area contributed by atoms with E-state index in [2.05, 4.69) is 4.36 Å². The van der Waals surface area contributed by atoms with Crippen LogP contribution in [-0.2, 0) is 28.8 Å². The lowest BCUT2D eigenvalue weighted by Crippen LogP contribution is -2.43. The van der Waals surface area contributed by atoms with E-state index in [9.17, 15) is 18.6 Å². The second kappa shape index (κ2) is 8.30. The molecule has 3 atom stereocenters. The van der Waals surface area contributed by atoms with E-state index >= 15 is 0 Å². The average molecular weight is 410 g/mol. The highest BCUT2D eigenvalue weighted by Crippen LogP contribution is 2.25. The summed E-state index contributed by atoms with van der Waals surface area (Å²) in [6, 6.07) is 7.42. The molecule has 8 nitrogen and oxygen atoms in total. The van der Waals surface area contributed by atoms with Gasteiger partial charge in [-0.05, 0) is 32.9 Å². The van der Waals surface area contributed by atoms with Gasteiger partial charge in [0.2, 0.25) is 0 Å². The number of amides is 2. The van der Waals surface area contributed by atoms with Crippen LogP contribution in [0.3, 0.4) is 0 Å². The Labute approximate surface area is 165 Å². The predicted octanol–water partition coefficient (Wildman–Crippen LogP) is 2.61. The van der Waals surface area contributed by atoms with Crippen LogP contribution < -0.4 is 0 Å². The molecular weight excluding hydrogens is 384 g/mol. The summed E-state index contributed by atoms with van der Waals surface area (Å²) in [5.74, 6) is -1.22. The molecule has 0 aliphatic carbocycles. The maximum Gasteiger partial charge on any atom is 0.411 e. The maximum absolute atomic E-state index is 12.9. The third-order valence-electron chi connectivity index (χ3n) is 3.95. The Hall–Kier alpha value is -2.42. The number of esters is 1. The van der Waals surface area contributed by atoms with Gasteiger partial charge in [0.1, 0.15) is 17.7 Å². The van der Waals surface area contributed by atoms with E-state index in [1.807, 2.05) is 0 Å². The van der Waals surface area contributed by atoms with Crippen molar-refractivity contribution >= 4 is 27.7 Å². The van der Waals surface area contributed by atoms with E-state index in [1.165, 1.54) is 18.1 Å². The Kier molecular flexibility index (Phi) is 6.48. The summed E-state index contributed by atoms with van der Waals surface area (Å²) in [5, 5.41) is 0. The van der Waals surface area contributed by atoms with Gasteiger partial charge in [0, 0.05) is 24.5 Å². The Bertz CT molecular complexity index is 868. The normalized spacial score (nSPS) is 21.5. The molecule has 154 valence electrons. The fourth-order valence-corrected chi connectivity index (χ4v) is 4.06. The highest BCUT2D eigenvalue weighted by molar-refractivity contribution is 7.93. The number of ether oxygens (including phenoxy) is 2. The van der Waals surface area contributed by atoms with Crippen LogP contribution in [0.15, 0.2) is 39.6 Å². The van der Waals surface area contributed by atoms with Gasteiger partial charge in [-0.25, -0.2) is 9.00 Å². The molecule has 1 aliphatic heterocycles. The molecule has 1 heterocycles. The first kappa shape index (κ1) is 21.9. The van der Waals surface area contributed by atoms with E-state index in [1.54, 1.807) is 51.1 Å². The van der Waals surface area contributed by atoms with Crippen LogP contribution in [-0.4, -0.2) is 57.6 Å². The molecule has 0 bridgehead atoms. The van der Waals surface area contributed by atoms with E-state index in [4.69, 9.17) is 9.47 Å². The van der Waals surface area contributed by atoms with Gasteiger partial charge in [-0.2, -0.15) is 4.36 Å². The fourth-order valence-electron chi connectivity index (χ4n) is 2.83. The minimum Gasteiger partial charge on any atom is -0.461 e. The minimum atomic E-state index is -2.98. The van der Waals surface area contributed by atoms with Crippen LogP contribution in [0.1, 0.15) is 34.1 Å². The Morgan fingerprint density at radius 1 is 1.18 bits per heavy atom. The number of nitrogens with zero attached hydrogens (tertiary/aromatic N) is 2. The van der Waals surface area contributed by atoms with Crippen LogP contribution in [0, 0.1) is 0 Å². The molecular formula is C19H26N2O6S. The highest BCUT2D eigenvalue weighted by Gasteiger charge is 2.43. The predicted molar refractivity (Wildman–Crippen MR) is 103 cm³/mol. The summed E-state index contributed by atoms with van der Waals surface area (Å²) < 4.78 is 27.3. The lowest BCUT2D eigenvalue weighted by Gasteiger charge is -2.27. The van der Waals surface area contributed by atoms with E-state index in [-0.39, 0.29) is 13.0 Å². The Balaban J connectivity index is 2.31. The lowest BCUT2D eigenvalue weighted by molar-refractivity contribution is -0.145. The summed E-state index contributed by atoms with van der Waals surface area (Å²) in [6.45, 7) is 6.39. The molecule has 2 rings (SSSR count). The van der Waals surface area contributed by atoms with Crippen molar-refractivity contribution in [2.24, 2.45) is 4.36 Å². The molecule has 1 aliphatic rings. The first-order valence-corrected chi connectivity index (χ1v) is 10.8. The number of carbonyl (C=O) groups excluding carboxylic acids is 3. The maximum atomic E-state index is 12.9. The van der Waals surface area contributed by atoms with Gasteiger partial charge in [0.05, 0.1) is 16.3 Å². The summed E-state index contributed by atoms with van der Waals surface area (Å²) in [4.78, 5) is 38.2. The first-order valence-electron chi connectivity index (χ1n) is 8.87. The topological polar surface area (TPSA) is 102 Å². The number of benzene rings is 1. The van der Waals surface area contributed by atoms with E-state index in [0.29, 0.717) is 4.90 Å². The zero-order valence-corrected chi connectivity index (χ0v) is 17.5. The average Bonchev–Trinajstić information content (AvgIpc) is 2.97. The van der Waals surface area contributed by atoms with Crippen molar-refractivity contribution in [3.8, 4) is 0 Å². The standard InChI is InChI=1S/C19H26N2O6S/c1-13(22)26-14-11-16(21(12-14)18(24)27-19(2,3)4)17(23)20-28(5,25)15-9-7-6-8-10-15/h6-10,14,16H,11-12H2,1-5H3/t14?,16-,28?/m0/s1. The summed E-state index contributed by atoms with van der Waals surface area (Å²) in [7, 11) is -2.98. The molecule has 1 aromatic rings. The van der Waals surface area contributed by atoms with Gasteiger partial charge in [0.25, 0.3) is 5.91 Å². The summed E-state index contributed by atoms with van der Waals surface area (Å²) in [5.41, 5.74) is -0.760. The molecule has 0 N–H and O–H groups in total. The number of likely N-dealkylation sites (tertiary alicyclic amines) is 1. The number of hydrogen-bond acceptors (Lipinski definition) is 6. The van der Waals surface area contributed by atoms with Crippen LogP contribution in [0.4, 0.5) is 4.79 Å². The number of hydrogen-bond donors (Lipinski definition) is 0. The summed E-state index contributed by atoms with van der Waals surface area (Å²) >= 11 is 0. The minimum absolute atomic E-state index is 0.0106. The van der Waals surface area contributed by atoms with Gasteiger partial charge < -0.3 is 9.47 Å². The largest absolute Gasteiger partial charge is 0.461 e. The van der Waals surface area contributed by atoms with Gasteiger partial charge >= 0.3 is 12.1 Å². The molecule has 0 spiro atoms. The van der Waals surface area contributed by atoms with Gasteiger partial charge in [0.15, 0.2) is 0 Å². The van der Waals surface area contributed by atoms with Crippen LogP contribution in [0.25, 0.3) is 0 Å². The van der Waals surface area contributed by atoms with Crippen molar-refractivity contribution in [3.63, 3.8) is 0 Å². The van der Waals surface area contributed by atoms with Crippen molar-refractivity contribution < 1.29 is 28.1 Å². The molecule has 2 amide bonds. The van der Waals surface area contributed by atoms with Crippen LogP contribution >= 0.6 is 0 Å². The second-order valence-corrected chi connectivity index (χ2v) is 9.92. The highest BCUT2D eigenvalue weighted by atomic mass is 32.2. The fraction of sp³-hybridized carbons (Fsp3) is 0.526. The Morgan fingerprint density at radius 3 is 2.32 bits per heavy atom. The van der Waals surface area contributed by atoms with Crippen molar-refractivity contribution in [2.75, 3.05) is 12.8 Å². The van der Waals surface area contributed by atoms with E-state index in [0.717, 1.165) is 0 Å². The number of rotatable bonds is 3. The molecule has 1 fully saturated rings. The molecule has 2 unspecified atom stereocenters. The molecule has 1 saturated heterocycles. The van der Waals surface area contributed by atoms with Gasteiger partial charge in [-0.15, -0.1) is 0 Å². The van der Waals surface area contributed by atoms with Crippen LogP contribution in [0.2, 0.25) is 0 Å². The quantitative estimate of drug-likeness (QED) is 0.710. The number of carbonyl (C=O) groups is 3. The molecule has 0 aromatic heterocycles. The van der Waals surface area contributed by atoms with Gasteiger partial charge in [-0.3, -0.25) is 14.5 Å². The molecule has 9 heteroatoms. The monoisotopic (exact) mass is 410 g/mol. The van der Waals surface area contributed by atoms with E-state index < -0.39 is 45.4 Å². The third-order valence-corrected chi connectivity index (χ3v) is 5.63. The SMILES string of the molecule is CC(=O)OC1C[C@@H](C(=O)N=S(C)(=O)c2ccccc2)N(C(=O)OC(C)(C)C)C1. The molecule has 1 aromatic carbocycles. The first-order chi connectivity index (χ1) is 12.9. The molecule has 0 saturated carbocycles. The second-order valence-electron chi connectivity index (χ2n) is 7.66. The summed E-state index contributed by atoms with van der Waals surface area (Å²) in [6.07, 6.45) is 0.0824. The van der Waals surface area contributed by atoms with Gasteiger partial charge in [-0.1, -0.05) is 18.2 Å². The molecule has 28 heavy (non-hydrogen) atoms. The molecule has 0 radical (unpaired) electrons. The Morgan fingerprint density at radius 2 is 1.79 bits per heavy atom. The lowest BCUT2D eigenvalue weighted by atomic mass is 10.2. The van der Waals surface area contributed by atoms with Crippen molar-refractivity contribution in [3.05, 3.63) is 30.3 Å².